The fraction of sp³-hybridized carbons (Fsp3) is 0.188. The summed E-state index contributed by atoms with van der Waals surface area (Å²) in [4.78, 5) is 12.2. The average Bonchev–Trinajstić information content (AvgIpc) is 3.24. The molecule has 0 saturated heterocycles. The molecule has 1 amide bonds. The maximum absolute atomic E-state index is 12.2. The first-order chi connectivity index (χ1) is 11.7. The van der Waals surface area contributed by atoms with E-state index in [0.29, 0.717) is 24.5 Å². The zero-order valence-corrected chi connectivity index (χ0v) is 14.6. The minimum atomic E-state index is -0.206. The van der Waals surface area contributed by atoms with Gasteiger partial charge in [0.15, 0.2) is 0 Å². The average molecular weight is 390 g/mol. The SMILES string of the molecule is COc1cccc(-c2cc(C(=O)NCCn3cc(Br)cn3)[nH]n2)c1. The van der Waals surface area contributed by atoms with Crippen molar-refractivity contribution in [2.24, 2.45) is 0 Å². The summed E-state index contributed by atoms with van der Waals surface area (Å²) in [5, 5.41) is 13.9. The van der Waals surface area contributed by atoms with Gasteiger partial charge >= 0.3 is 0 Å². The largest absolute Gasteiger partial charge is 0.497 e. The molecule has 0 unspecified atom stereocenters. The summed E-state index contributed by atoms with van der Waals surface area (Å²) in [6.45, 7) is 1.06. The van der Waals surface area contributed by atoms with E-state index in [1.54, 1.807) is 24.1 Å². The van der Waals surface area contributed by atoms with Crippen molar-refractivity contribution in [2.45, 2.75) is 6.54 Å². The summed E-state index contributed by atoms with van der Waals surface area (Å²) in [7, 11) is 1.61. The summed E-state index contributed by atoms with van der Waals surface area (Å²) >= 11 is 3.33. The van der Waals surface area contributed by atoms with E-state index in [9.17, 15) is 4.79 Å². The van der Waals surface area contributed by atoms with Crippen molar-refractivity contribution in [2.75, 3.05) is 13.7 Å². The number of carbonyl (C=O) groups excluding carboxylic acids is 1. The summed E-state index contributed by atoms with van der Waals surface area (Å²) < 4.78 is 7.86. The van der Waals surface area contributed by atoms with Crippen LogP contribution in [0, 0.1) is 0 Å². The highest BCUT2D eigenvalue weighted by Gasteiger charge is 2.11. The van der Waals surface area contributed by atoms with Crippen LogP contribution in [0.25, 0.3) is 11.3 Å². The Morgan fingerprint density at radius 1 is 1.42 bits per heavy atom. The van der Waals surface area contributed by atoms with E-state index in [1.165, 1.54) is 0 Å². The molecule has 3 rings (SSSR count). The van der Waals surface area contributed by atoms with Gasteiger partial charge in [0.05, 0.1) is 30.0 Å². The number of ether oxygens (including phenoxy) is 1. The van der Waals surface area contributed by atoms with E-state index in [-0.39, 0.29) is 5.91 Å². The zero-order chi connectivity index (χ0) is 16.9. The molecular formula is C16H16BrN5O2. The topological polar surface area (TPSA) is 84.8 Å². The number of hydrogen-bond donors (Lipinski definition) is 2. The van der Waals surface area contributed by atoms with Gasteiger partial charge in [0.2, 0.25) is 0 Å². The Morgan fingerprint density at radius 3 is 3.04 bits per heavy atom. The molecule has 0 aliphatic carbocycles. The summed E-state index contributed by atoms with van der Waals surface area (Å²) in [5.41, 5.74) is 1.98. The van der Waals surface area contributed by atoms with Gasteiger partial charge in [-0.15, -0.1) is 0 Å². The standard InChI is InChI=1S/C16H16BrN5O2/c1-24-13-4-2-3-11(7-13)14-8-15(21-20-14)16(23)18-5-6-22-10-12(17)9-19-22/h2-4,7-10H,5-6H2,1H3,(H,18,23)(H,20,21). The molecule has 0 radical (unpaired) electrons. The third-order valence-corrected chi connectivity index (χ3v) is 3.83. The second-order valence-electron chi connectivity index (χ2n) is 5.08. The molecule has 1 aromatic carbocycles. The molecule has 24 heavy (non-hydrogen) atoms. The normalized spacial score (nSPS) is 10.6. The first kappa shape index (κ1) is 16.3. The highest BCUT2D eigenvalue weighted by Crippen LogP contribution is 2.22. The van der Waals surface area contributed by atoms with Crippen molar-refractivity contribution < 1.29 is 9.53 Å². The predicted octanol–water partition coefficient (Wildman–Crippen LogP) is 2.47. The number of amides is 1. The van der Waals surface area contributed by atoms with Gasteiger partial charge in [0, 0.05) is 18.3 Å². The van der Waals surface area contributed by atoms with Gasteiger partial charge in [0.25, 0.3) is 5.91 Å². The Hall–Kier alpha value is -2.61. The molecule has 2 N–H and O–H groups in total. The molecule has 3 aromatic rings. The van der Waals surface area contributed by atoms with Crippen molar-refractivity contribution >= 4 is 21.8 Å². The summed E-state index contributed by atoms with van der Waals surface area (Å²) in [6, 6.07) is 9.24. The van der Waals surface area contributed by atoms with Crippen molar-refractivity contribution in [3.05, 3.63) is 52.9 Å². The Labute approximate surface area is 147 Å². The zero-order valence-electron chi connectivity index (χ0n) is 13.0. The van der Waals surface area contributed by atoms with Gasteiger partial charge in [-0.05, 0) is 34.1 Å². The lowest BCUT2D eigenvalue weighted by atomic mass is 10.1. The van der Waals surface area contributed by atoms with Crippen LogP contribution in [-0.2, 0) is 6.54 Å². The van der Waals surface area contributed by atoms with E-state index in [4.69, 9.17) is 4.74 Å². The Bertz CT molecular complexity index is 842. The number of aromatic nitrogens is 4. The van der Waals surface area contributed by atoms with E-state index in [2.05, 4.69) is 36.5 Å². The van der Waals surface area contributed by atoms with E-state index in [1.807, 2.05) is 30.5 Å². The summed E-state index contributed by atoms with van der Waals surface area (Å²) in [5.74, 6) is 0.537. The van der Waals surface area contributed by atoms with Crippen molar-refractivity contribution in [1.82, 2.24) is 25.3 Å². The third kappa shape index (κ3) is 3.83. The second-order valence-corrected chi connectivity index (χ2v) is 5.99. The van der Waals surface area contributed by atoms with Crippen LogP contribution in [0.5, 0.6) is 5.75 Å². The molecule has 0 fully saturated rings. The highest BCUT2D eigenvalue weighted by molar-refractivity contribution is 9.10. The van der Waals surface area contributed by atoms with Crippen molar-refractivity contribution in [3.8, 4) is 17.0 Å². The number of methoxy groups -OCH3 is 1. The number of benzene rings is 1. The number of hydrogen-bond acceptors (Lipinski definition) is 4. The minimum absolute atomic E-state index is 0.206. The molecule has 0 spiro atoms. The van der Waals surface area contributed by atoms with Crippen LogP contribution < -0.4 is 10.1 Å². The van der Waals surface area contributed by atoms with Crippen molar-refractivity contribution in [1.29, 1.82) is 0 Å². The van der Waals surface area contributed by atoms with Gasteiger partial charge < -0.3 is 10.1 Å². The Morgan fingerprint density at radius 2 is 2.29 bits per heavy atom. The first-order valence-electron chi connectivity index (χ1n) is 7.31. The fourth-order valence-corrected chi connectivity index (χ4v) is 2.54. The molecule has 0 saturated carbocycles. The fourth-order valence-electron chi connectivity index (χ4n) is 2.21. The lowest BCUT2D eigenvalue weighted by Gasteiger charge is -2.03. The third-order valence-electron chi connectivity index (χ3n) is 3.42. The number of halogens is 1. The monoisotopic (exact) mass is 389 g/mol. The van der Waals surface area contributed by atoms with Crippen LogP contribution in [0.2, 0.25) is 0 Å². The molecular weight excluding hydrogens is 374 g/mol. The molecule has 0 aliphatic heterocycles. The van der Waals surface area contributed by atoms with Gasteiger partial charge in [0.1, 0.15) is 11.4 Å². The molecule has 0 aliphatic rings. The minimum Gasteiger partial charge on any atom is -0.497 e. The molecule has 2 aromatic heterocycles. The van der Waals surface area contributed by atoms with Gasteiger partial charge in [-0.25, -0.2) is 0 Å². The molecule has 8 heteroatoms. The molecule has 0 bridgehead atoms. The predicted molar refractivity (Wildman–Crippen MR) is 92.8 cm³/mol. The molecule has 7 nitrogen and oxygen atoms in total. The van der Waals surface area contributed by atoms with Crippen LogP contribution in [0.15, 0.2) is 47.2 Å². The van der Waals surface area contributed by atoms with Gasteiger partial charge in [-0.2, -0.15) is 10.2 Å². The lowest BCUT2D eigenvalue weighted by molar-refractivity contribution is 0.0947. The Kier molecular flexibility index (Phi) is 4.95. The van der Waals surface area contributed by atoms with Crippen LogP contribution in [0.4, 0.5) is 0 Å². The lowest BCUT2D eigenvalue weighted by Crippen LogP contribution is -2.27. The van der Waals surface area contributed by atoms with Crippen LogP contribution >= 0.6 is 15.9 Å². The van der Waals surface area contributed by atoms with E-state index in [0.717, 1.165) is 15.8 Å². The number of H-pyrrole nitrogens is 1. The maximum Gasteiger partial charge on any atom is 0.269 e. The molecule has 0 atom stereocenters. The van der Waals surface area contributed by atoms with Crippen LogP contribution in [0.1, 0.15) is 10.5 Å². The number of nitrogens with one attached hydrogen (secondary N) is 2. The van der Waals surface area contributed by atoms with E-state index < -0.39 is 0 Å². The smallest absolute Gasteiger partial charge is 0.269 e. The highest BCUT2D eigenvalue weighted by atomic mass is 79.9. The van der Waals surface area contributed by atoms with Crippen LogP contribution in [0.3, 0.4) is 0 Å². The number of carbonyl (C=O) groups is 1. The maximum atomic E-state index is 12.2. The number of rotatable bonds is 6. The quantitative estimate of drug-likeness (QED) is 0.677. The van der Waals surface area contributed by atoms with Gasteiger partial charge in [-0.3, -0.25) is 14.6 Å². The van der Waals surface area contributed by atoms with Crippen molar-refractivity contribution in [3.63, 3.8) is 0 Å². The van der Waals surface area contributed by atoms with E-state index >= 15 is 0 Å². The molecule has 124 valence electrons. The van der Waals surface area contributed by atoms with Gasteiger partial charge in [-0.1, -0.05) is 12.1 Å². The number of nitrogens with zero attached hydrogens (tertiary/aromatic N) is 3. The summed E-state index contributed by atoms with van der Waals surface area (Å²) in [6.07, 6.45) is 3.56. The van der Waals surface area contributed by atoms with Crippen LogP contribution in [-0.4, -0.2) is 39.5 Å². The molecule has 2 heterocycles. The second kappa shape index (κ2) is 7.31. The first-order valence-corrected chi connectivity index (χ1v) is 8.11. The number of aromatic amines is 1. The Balaban J connectivity index is 1.60.